The number of allylic oxidation sites excluding steroid dienone is 1. The molecule has 9 nitrogen and oxygen atoms in total. The van der Waals surface area contributed by atoms with Crippen molar-refractivity contribution in [2.24, 2.45) is 0 Å². The highest BCUT2D eigenvalue weighted by Crippen LogP contribution is 2.46. The summed E-state index contributed by atoms with van der Waals surface area (Å²) in [6.45, 7) is 8.15. The lowest BCUT2D eigenvalue weighted by Crippen LogP contribution is -2.54. The zero-order chi connectivity index (χ0) is 27.0. The molecule has 4 heterocycles. The summed E-state index contributed by atoms with van der Waals surface area (Å²) in [7, 11) is 3.32. The first kappa shape index (κ1) is 26.1. The van der Waals surface area contributed by atoms with Crippen LogP contribution in [0, 0.1) is 6.92 Å². The largest absolute Gasteiger partial charge is 0.497 e. The number of benzene rings is 1. The summed E-state index contributed by atoms with van der Waals surface area (Å²) in [4.78, 5) is 33.2. The molecule has 1 aromatic carbocycles. The van der Waals surface area contributed by atoms with Gasteiger partial charge in [-0.25, -0.2) is 4.79 Å². The fraction of sp³-hybridized carbons (Fsp3) is 0.552. The van der Waals surface area contributed by atoms with Gasteiger partial charge in [0.1, 0.15) is 22.8 Å². The van der Waals surface area contributed by atoms with E-state index in [0.717, 1.165) is 47.6 Å². The first-order valence-electron chi connectivity index (χ1n) is 13.7. The van der Waals surface area contributed by atoms with Crippen LogP contribution in [0.15, 0.2) is 28.4 Å². The highest BCUT2D eigenvalue weighted by molar-refractivity contribution is 5.96. The van der Waals surface area contributed by atoms with Gasteiger partial charge in [0.25, 0.3) is 5.91 Å². The molecule has 3 aliphatic heterocycles. The zero-order valence-electron chi connectivity index (χ0n) is 23.1. The van der Waals surface area contributed by atoms with Crippen LogP contribution in [0.25, 0.3) is 0 Å². The molecular formula is C29H38N4O5. The van der Waals surface area contributed by atoms with Gasteiger partial charge in [0.15, 0.2) is 0 Å². The van der Waals surface area contributed by atoms with Crippen LogP contribution in [0.5, 0.6) is 11.5 Å². The molecule has 204 valence electrons. The molecule has 2 aromatic rings. The molecule has 3 aliphatic rings. The molecule has 2 fully saturated rings. The van der Waals surface area contributed by atoms with E-state index in [4.69, 9.17) is 14.0 Å². The number of rotatable bonds is 6. The Morgan fingerprint density at radius 3 is 2.58 bits per heavy atom. The average molecular weight is 523 g/mol. The molecule has 0 aliphatic carbocycles. The van der Waals surface area contributed by atoms with Crippen molar-refractivity contribution in [3.8, 4) is 11.5 Å². The van der Waals surface area contributed by atoms with Crippen molar-refractivity contribution in [3.05, 3.63) is 52.1 Å². The van der Waals surface area contributed by atoms with Gasteiger partial charge in [-0.2, -0.15) is 0 Å². The smallest absolute Gasteiger partial charge is 0.325 e. The van der Waals surface area contributed by atoms with Crippen molar-refractivity contribution in [1.29, 1.82) is 0 Å². The van der Waals surface area contributed by atoms with E-state index in [1.165, 1.54) is 0 Å². The number of hydrogen-bond donors (Lipinski definition) is 0. The number of ether oxygens (including phenoxy) is 2. The van der Waals surface area contributed by atoms with Crippen molar-refractivity contribution in [2.75, 3.05) is 33.9 Å². The van der Waals surface area contributed by atoms with E-state index in [1.54, 1.807) is 14.2 Å². The molecule has 0 N–H and O–H groups in total. The molecule has 9 heteroatoms. The van der Waals surface area contributed by atoms with Crippen LogP contribution in [0.2, 0.25) is 0 Å². The number of likely N-dealkylation sites (tertiary alicyclic amines) is 1. The monoisotopic (exact) mass is 522 g/mol. The molecule has 1 aromatic heterocycles. The Morgan fingerprint density at radius 2 is 1.92 bits per heavy atom. The van der Waals surface area contributed by atoms with Gasteiger partial charge in [-0.1, -0.05) is 18.2 Å². The number of aryl methyl sites for hydroxylation is 2. The van der Waals surface area contributed by atoms with Crippen molar-refractivity contribution in [2.45, 2.75) is 71.4 Å². The molecule has 0 atom stereocenters. The van der Waals surface area contributed by atoms with Gasteiger partial charge < -0.3 is 23.8 Å². The Hall–Kier alpha value is -3.49. The predicted octanol–water partition coefficient (Wildman–Crippen LogP) is 4.72. The van der Waals surface area contributed by atoms with E-state index in [9.17, 15) is 9.59 Å². The minimum atomic E-state index is -0.418. The molecule has 5 rings (SSSR count). The van der Waals surface area contributed by atoms with E-state index < -0.39 is 5.54 Å². The summed E-state index contributed by atoms with van der Waals surface area (Å²) < 4.78 is 16.7. The van der Waals surface area contributed by atoms with Gasteiger partial charge in [-0.3, -0.25) is 9.69 Å². The minimum absolute atomic E-state index is 0.0216. The Balaban J connectivity index is 1.43. The summed E-state index contributed by atoms with van der Waals surface area (Å²) in [5.74, 6) is 2.16. The molecule has 2 saturated heterocycles. The molecule has 1 spiro atoms. The van der Waals surface area contributed by atoms with Crippen LogP contribution in [-0.2, 0) is 19.4 Å². The normalized spacial score (nSPS) is 20.0. The number of amides is 3. The number of methoxy groups -OCH3 is 2. The number of carbonyl (C=O) groups excluding carboxylic acids is 2. The highest BCUT2D eigenvalue weighted by Gasteiger charge is 2.54. The van der Waals surface area contributed by atoms with Crippen molar-refractivity contribution >= 4 is 11.9 Å². The second-order valence-corrected chi connectivity index (χ2v) is 10.3. The number of piperidine rings is 1. The predicted molar refractivity (Wildman–Crippen MR) is 142 cm³/mol. The van der Waals surface area contributed by atoms with E-state index in [0.29, 0.717) is 62.5 Å². The Labute approximate surface area is 224 Å². The van der Waals surface area contributed by atoms with E-state index in [2.05, 4.69) is 18.2 Å². The summed E-state index contributed by atoms with van der Waals surface area (Å²) in [5, 5.41) is 4.06. The second-order valence-electron chi connectivity index (χ2n) is 10.3. The van der Waals surface area contributed by atoms with Crippen LogP contribution >= 0.6 is 0 Å². The van der Waals surface area contributed by atoms with Crippen LogP contribution in [0.1, 0.15) is 72.5 Å². The summed E-state index contributed by atoms with van der Waals surface area (Å²) in [6.07, 6.45) is 6.84. The summed E-state index contributed by atoms with van der Waals surface area (Å²) >= 11 is 0. The van der Waals surface area contributed by atoms with Crippen LogP contribution < -0.4 is 9.47 Å². The van der Waals surface area contributed by atoms with Gasteiger partial charge in [-0.05, 0) is 63.1 Å². The molecule has 0 bridgehead atoms. The fourth-order valence-electron chi connectivity index (χ4n) is 6.49. The number of likely N-dealkylation sites (N-methyl/N-ethyl adjacent to an activating group) is 1. The number of hydrogen-bond acceptors (Lipinski definition) is 6. The van der Waals surface area contributed by atoms with Gasteiger partial charge >= 0.3 is 6.03 Å². The first-order chi connectivity index (χ1) is 18.4. The summed E-state index contributed by atoms with van der Waals surface area (Å²) in [5.41, 5.74) is 4.06. The standard InChI is InChI=1S/C29H38N4O5/c1-6-9-23-26(19(3)30-38-23)27(34)31-14-12-29(13-15-31)25-11-8-10-22-20(16-21(36-4)17-24(22)37-5)18-32(25)28(35)33(29)7-2/h11,16-17H,6-10,12-15,18H2,1-5H3/b25-11-. The number of aromatic nitrogens is 1. The maximum atomic E-state index is 13.8. The molecule has 0 radical (unpaired) electrons. The lowest BCUT2D eigenvalue weighted by molar-refractivity contribution is 0.0573. The lowest BCUT2D eigenvalue weighted by atomic mass is 9.82. The molecule has 0 saturated carbocycles. The lowest BCUT2D eigenvalue weighted by Gasteiger charge is -2.44. The quantitative estimate of drug-likeness (QED) is 0.546. The maximum Gasteiger partial charge on any atom is 0.325 e. The number of nitrogens with zero attached hydrogens (tertiary/aromatic N) is 4. The fourth-order valence-corrected chi connectivity index (χ4v) is 6.49. The molecular weight excluding hydrogens is 484 g/mol. The molecule has 38 heavy (non-hydrogen) atoms. The third kappa shape index (κ3) is 4.12. The maximum absolute atomic E-state index is 13.8. The first-order valence-corrected chi connectivity index (χ1v) is 13.7. The Kier molecular flexibility index (Phi) is 7.11. The molecule has 3 amide bonds. The topological polar surface area (TPSA) is 88.4 Å². The summed E-state index contributed by atoms with van der Waals surface area (Å²) in [6, 6.07) is 3.95. The zero-order valence-corrected chi connectivity index (χ0v) is 23.1. The van der Waals surface area contributed by atoms with E-state index in [-0.39, 0.29) is 11.9 Å². The third-order valence-corrected chi connectivity index (χ3v) is 8.36. The van der Waals surface area contributed by atoms with Gasteiger partial charge in [0.2, 0.25) is 0 Å². The third-order valence-electron chi connectivity index (χ3n) is 8.36. The Morgan fingerprint density at radius 1 is 1.16 bits per heavy atom. The number of fused-ring (bicyclic) bond motifs is 3. The highest BCUT2D eigenvalue weighted by atomic mass is 16.5. The van der Waals surface area contributed by atoms with Crippen molar-refractivity contribution in [1.82, 2.24) is 19.9 Å². The number of urea groups is 1. The Bertz CT molecular complexity index is 1260. The van der Waals surface area contributed by atoms with E-state index in [1.807, 2.05) is 40.7 Å². The average Bonchev–Trinajstić information content (AvgIpc) is 3.37. The van der Waals surface area contributed by atoms with Gasteiger partial charge in [0.05, 0.1) is 32.0 Å². The van der Waals surface area contributed by atoms with Crippen LogP contribution in [0.4, 0.5) is 4.79 Å². The van der Waals surface area contributed by atoms with Crippen molar-refractivity contribution < 1.29 is 23.6 Å². The molecule has 0 unspecified atom stereocenters. The minimum Gasteiger partial charge on any atom is -0.497 e. The van der Waals surface area contributed by atoms with E-state index >= 15 is 0 Å². The number of carbonyl (C=O) groups is 2. The van der Waals surface area contributed by atoms with Gasteiger partial charge in [0, 0.05) is 37.8 Å². The SMILES string of the molecule is CCCc1onc(C)c1C(=O)N1CCC2(CC1)/C1=C/CCc3c(cc(OC)cc3OC)CN1C(=O)N2CC. The van der Waals surface area contributed by atoms with Crippen LogP contribution in [0.3, 0.4) is 0 Å². The van der Waals surface area contributed by atoms with Crippen LogP contribution in [-0.4, -0.2) is 71.2 Å². The van der Waals surface area contributed by atoms with Crippen molar-refractivity contribution in [3.63, 3.8) is 0 Å². The van der Waals surface area contributed by atoms with Gasteiger partial charge in [-0.15, -0.1) is 0 Å². The second kappa shape index (κ2) is 10.3.